The third-order valence-corrected chi connectivity index (χ3v) is 5.35. The summed E-state index contributed by atoms with van der Waals surface area (Å²) in [6.45, 7) is 0.242. The first-order valence-electron chi connectivity index (χ1n) is 11.0. The first kappa shape index (κ1) is 25.5. The molecule has 0 saturated carbocycles. The van der Waals surface area contributed by atoms with Crippen molar-refractivity contribution in [2.24, 2.45) is 5.73 Å². The molecule has 0 heterocycles. The molecule has 0 saturated heterocycles. The van der Waals surface area contributed by atoms with E-state index in [4.69, 9.17) is 19.9 Å². The minimum absolute atomic E-state index is 0.0475. The smallest absolute Gasteiger partial charge is 0.345 e. The van der Waals surface area contributed by atoms with E-state index in [1.165, 1.54) is 14.2 Å². The van der Waals surface area contributed by atoms with Crippen molar-refractivity contribution in [3.63, 3.8) is 0 Å². The summed E-state index contributed by atoms with van der Waals surface area (Å²) in [5, 5.41) is 3.04. The van der Waals surface area contributed by atoms with Crippen LogP contribution < -0.4 is 20.5 Å². The average Bonchev–Trinajstić information content (AvgIpc) is 2.88. The number of benzene rings is 3. The summed E-state index contributed by atoms with van der Waals surface area (Å²) < 4.78 is 15.6. The maximum Gasteiger partial charge on any atom is 0.345 e. The summed E-state index contributed by atoms with van der Waals surface area (Å²) in [6, 6.07) is 20.9. The molecule has 8 nitrogen and oxygen atoms in total. The first-order chi connectivity index (χ1) is 16.9. The first-order valence-corrected chi connectivity index (χ1v) is 11.0. The van der Waals surface area contributed by atoms with Crippen molar-refractivity contribution in [2.75, 3.05) is 14.2 Å². The fraction of sp³-hybridized carbons (Fsp3) is 0.222. The highest BCUT2D eigenvalue weighted by Crippen LogP contribution is 2.23. The molecule has 8 heteroatoms. The molecule has 35 heavy (non-hydrogen) atoms. The second-order valence-corrected chi connectivity index (χ2v) is 7.81. The van der Waals surface area contributed by atoms with Gasteiger partial charge in [-0.1, -0.05) is 42.5 Å². The number of primary amides is 1. The molecule has 0 aromatic heterocycles. The van der Waals surface area contributed by atoms with E-state index in [0.717, 1.165) is 16.7 Å². The van der Waals surface area contributed by atoms with E-state index in [2.05, 4.69) is 5.32 Å². The molecule has 0 bridgehead atoms. The minimum Gasteiger partial charge on any atom is -0.497 e. The van der Waals surface area contributed by atoms with Crippen LogP contribution in [0.25, 0.3) is 11.1 Å². The van der Waals surface area contributed by atoms with Crippen LogP contribution in [0.4, 0.5) is 0 Å². The normalized spacial score (nSPS) is 11.4. The summed E-state index contributed by atoms with van der Waals surface area (Å²) in [7, 11) is 3.08. The van der Waals surface area contributed by atoms with Gasteiger partial charge in [0.25, 0.3) is 0 Å². The van der Waals surface area contributed by atoms with Gasteiger partial charge in [0.2, 0.25) is 5.91 Å². The zero-order valence-electron chi connectivity index (χ0n) is 19.7. The fourth-order valence-corrected chi connectivity index (χ4v) is 3.45. The van der Waals surface area contributed by atoms with Gasteiger partial charge >= 0.3 is 11.9 Å². The van der Waals surface area contributed by atoms with Crippen LogP contribution >= 0.6 is 0 Å². The molecular weight excluding hydrogens is 448 g/mol. The Morgan fingerprint density at radius 2 is 1.46 bits per heavy atom. The third-order valence-electron chi connectivity index (χ3n) is 5.35. The largest absolute Gasteiger partial charge is 0.497 e. The molecule has 3 rings (SSSR count). The SMILES string of the molecule is COc1cc(CN[C@@H](CCC(N)=O)C(=O)OC(=O)c2ccc(-c3ccccc3)cc2)cc(OC)c1. The Hall–Kier alpha value is -4.17. The molecule has 0 aliphatic rings. The molecule has 1 amide bonds. The highest BCUT2D eigenvalue weighted by molar-refractivity contribution is 5.98. The zero-order chi connectivity index (χ0) is 25.2. The Kier molecular flexibility index (Phi) is 8.97. The zero-order valence-corrected chi connectivity index (χ0v) is 19.7. The molecule has 182 valence electrons. The van der Waals surface area contributed by atoms with Crippen molar-refractivity contribution in [2.45, 2.75) is 25.4 Å². The van der Waals surface area contributed by atoms with Crippen molar-refractivity contribution in [1.29, 1.82) is 0 Å². The number of nitrogens with two attached hydrogens (primary N) is 1. The molecular formula is C27H28N2O6. The van der Waals surface area contributed by atoms with Gasteiger partial charge in [-0.25, -0.2) is 9.59 Å². The van der Waals surface area contributed by atoms with Crippen molar-refractivity contribution in [3.8, 4) is 22.6 Å². The highest BCUT2D eigenvalue weighted by Gasteiger charge is 2.24. The summed E-state index contributed by atoms with van der Waals surface area (Å²) in [5.41, 5.74) is 8.22. The Balaban J connectivity index is 1.67. The van der Waals surface area contributed by atoms with Crippen LogP contribution in [0, 0.1) is 0 Å². The lowest BCUT2D eigenvalue weighted by atomic mass is 10.0. The van der Waals surface area contributed by atoms with E-state index in [0.29, 0.717) is 11.5 Å². The van der Waals surface area contributed by atoms with Crippen LogP contribution in [0.15, 0.2) is 72.8 Å². The van der Waals surface area contributed by atoms with Crippen LogP contribution in [0.3, 0.4) is 0 Å². The molecule has 1 atom stereocenters. The number of nitrogens with one attached hydrogen (secondary N) is 1. The predicted octanol–water partition coefficient (Wildman–Crippen LogP) is 3.48. The van der Waals surface area contributed by atoms with Gasteiger partial charge in [0.1, 0.15) is 17.5 Å². The monoisotopic (exact) mass is 476 g/mol. The second-order valence-electron chi connectivity index (χ2n) is 7.81. The summed E-state index contributed by atoms with van der Waals surface area (Å²) in [4.78, 5) is 36.7. The maximum absolute atomic E-state index is 12.8. The molecule has 3 aromatic carbocycles. The molecule has 0 spiro atoms. The van der Waals surface area contributed by atoms with Crippen LogP contribution in [-0.2, 0) is 20.9 Å². The topological polar surface area (TPSA) is 117 Å². The lowest BCUT2D eigenvalue weighted by Gasteiger charge is -2.17. The van der Waals surface area contributed by atoms with Gasteiger partial charge in [0, 0.05) is 19.0 Å². The van der Waals surface area contributed by atoms with Crippen molar-refractivity contribution in [1.82, 2.24) is 5.32 Å². The van der Waals surface area contributed by atoms with E-state index in [9.17, 15) is 14.4 Å². The summed E-state index contributed by atoms with van der Waals surface area (Å²) in [6.07, 6.45) is 0.0314. The lowest BCUT2D eigenvalue weighted by molar-refractivity contribution is -0.140. The number of carbonyl (C=O) groups excluding carboxylic acids is 3. The van der Waals surface area contributed by atoms with Crippen LogP contribution in [0.2, 0.25) is 0 Å². The molecule has 3 aromatic rings. The molecule has 0 unspecified atom stereocenters. The molecule has 0 fully saturated rings. The standard InChI is InChI=1S/C27H28N2O6/c1-33-22-14-18(15-23(16-22)34-2)17-29-24(12-13-25(28)30)27(32)35-26(31)21-10-8-20(9-11-21)19-6-4-3-5-7-19/h3-11,14-16,24,29H,12-13,17H2,1-2H3,(H2,28,30)/t24-/m0/s1. The van der Waals surface area contributed by atoms with Crippen LogP contribution in [0.5, 0.6) is 11.5 Å². The summed E-state index contributed by atoms with van der Waals surface area (Å²) in [5.74, 6) is -0.949. The number of rotatable bonds is 11. The van der Waals surface area contributed by atoms with Crippen molar-refractivity contribution in [3.05, 3.63) is 83.9 Å². The summed E-state index contributed by atoms with van der Waals surface area (Å²) >= 11 is 0. The number of hydrogen-bond acceptors (Lipinski definition) is 7. The van der Waals surface area contributed by atoms with Crippen molar-refractivity contribution >= 4 is 17.8 Å². The number of ether oxygens (including phenoxy) is 3. The minimum atomic E-state index is -0.924. The van der Waals surface area contributed by atoms with Crippen LogP contribution in [-0.4, -0.2) is 38.1 Å². The quantitative estimate of drug-likeness (QED) is 0.321. The van der Waals surface area contributed by atoms with Gasteiger partial charge < -0.3 is 25.3 Å². The van der Waals surface area contributed by atoms with E-state index in [1.54, 1.807) is 42.5 Å². The third kappa shape index (κ3) is 7.41. The van der Waals surface area contributed by atoms with E-state index in [1.807, 2.05) is 30.3 Å². The Labute approximate surface area is 204 Å². The number of hydrogen-bond donors (Lipinski definition) is 2. The number of methoxy groups -OCH3 is 2. The molecule has 0 radical (unpaired) electrons. The Bertz CT molecular complexity index is 1140. The Morgan fingerprint density at radius 3 is 2.03 bits per heavy atom. The average molecular weight is 477 g/mol. The van der Waals surface area contributed by atoms with Crippen LogP contribution in [0.1, 0.15) is 28.8 Å². The molecule has 0 aliphatic heterocycles. The number of amides is 1. The van der Waals surface area contributed by atoms with E-state index >= 15 is 0 Å². The number of carbonyl (C=O) groups is 3. The van der Waals surface area contributed by atoms with Gasteiger partial charge in [-0.2, -0.15) is 0 Å². The molecule has 0 aliphatic carbocycles. The maximum atomic E-state index is 12.8. The molecule has 3 N–H and O–H groups in total. The second kappa shape index (κ2) is 12.3. The Morgan fingerprint density at radius 1 is 0.857 bits per heavy atom. The van der Waals surface area contributed by atoms with Gasteiger partial charge in [-0.05, 0) is 47.4 Å². The van der Waals surface area contributed by atoms with Crippen molar-refractivity contribution < 1.29 is 28.6 Å². The lowest BCUT2D eigenvalue weighted by Crippen LogP contribution is -2.39. The van der Waals surface area contributed by atoms with Gasteiger partial charge in [0.05, 0.1) is 19.8 Å². The van der Waals surface area contributed by atoms with E-state index in [-0.39, 0.29) is 24.9 Å². The fourth-order valence-electron chi connectivity index (χ4n) is 3.45. The predicted molar refractivity (Wildman–Crippen MR) is 131 cm³/mol. The number of esters is 2. The van der Waals surface area contributed by atoms with Gasteiger partial charge in [-0.3, -0.25) is 4.79 Å². The van der Waals surface area contributed by atoms with Gasteiger partial charge in [-0.15, -0.1) is 0 Å². The van der Waals surface area contributed by atoms with E-state index < -0.39 is 23.9 Å². The van der Waals surface area contributed by atoms with Gasteiger partial charge in [0.15, 0.2) is 0 Å². The highest BCUT2D eigenvalue weighted by atomic mass is 16.6.